The molecule has 1 aliphatic heterocycles. The van der Waals surface area contributed by atoms with Crippen molar-refractivity contribution in [3.05, 3.63) is 58.1 Å². The number of non-ortho nitro benzene ring substituents is 1. The maximum absolute atomic E-state index is 12.5. The molecule has 2 aromatic rings. The topological polar surface area (TPSA) is 166 Å². The fourth-order valence-corrected chi connectivity index (χ4v) is 4.18. The quantitative estimate of drug-likeness (QED) is 0.345. The van der Waals surface area contributed by atoms with Gasteiger partial charge >= 0.3 is 5.97 Å². The van der Waals surface area contributed by atoms with Gasteiger partial charge in [-0.1, -0.05) is 12.1 Å². The van der Waals surface area contributed by atoms with Gasteiger partial charge in [0, 0.05) is 17.7 Å². The van der Waals surface area contributed by atoms with E-state index < -0.39 is 39.0 Å². The molecule has 2 atom stereocenters. The molecule has 13 heteroatoms. The Hall–Kier alpha value is -4.00. The van der Waals surface area contributed by atoms with Crippen molar-refractivity contribution in [1.29, 1.82) is 0 Å². The number of hydrogen-bond donors (Lipinski definition) is 2. The second kappa shape index (κ2) is 9.24. The van der Waals surface area contributed by atoms with Gasteiger partial charge < -0.3 is 14.8 Å². The van der Waals surface area contributed by atoms with Crippen LogP contribution in [0.5, 0.6) is 5.75 Å². The number of amidine groups is 1. The fraction of sp³-hybridized carbons (Fsp3) is 0.250. The van der Waals surface area contributed by atoms with Crippen LogP contribution in [0.3, 0.4) is 0 Å². The average Bonchev–Trinajstić information content (AvgIpc) is 3.03. The Morgan fingerprint density at radius 3 is 2.55 bits per heavy atom. The summed E-state index contributed by atoms with van der Waals surface area (Å²) >= 11 is 0. The number of nitro groups is 1. The molecule has 0 fully saturated rings. The van der Waals surface area contributed by atoms with E-state index in [0.29, 0.717) is 5.56 Å². The van der Waals surface area contributed by atoms with Gasteiger partial charge in [-0.2, -0.15) is 0 Å². The molecule has 0 aromatic heterocycles. The van der Waals surface area contributed by atoms with Gasteiger partial charge in [0.1, 0.15) is 17.6 Å². The minimum absolute atomic E-state index is 0.00603. The van der Waals surface area contributed by atoms with Crippen LogP contribution in [0, 0.1) is 10.1 Å². The predicted molar refractivity (Wildman–Crippen MR) is 117 cm³/mol. The fourth-order valence-electron chi connectivity index (χ4n) is 2.94. The van der Waals surface area contributed by atoms with Crippen LogP contribution in [0.1, 0.15) is 19.4 Å². The Balaban J connectivity index is 1.70. The molecule has 0 radical (unpaired) electrons. The Kier molecular flexibility index (Phi) is 6.62. The van der Waals surface area contributed by atoms with Crippen LogP contribution in [0.2, 0.25) is 0 Å². The van der Waals surface area contributed by atoms with E-state index in [1.54, 1.807) is 18.2 Å². The Morgan fingerprint density at radius 1 is 1.18 bits per heavy atom. The summed E-state index contributed by atoms with van der Waals surface area (Å²) in [5.74, 6) is -1.46. The second-order valence-corrected chi connectivity index (χ2v) is 8.62. The van der Waals surface area contributed by atoms with Crippen LogP contribution in [-0.4, -0.2) is 50.3 Å². The highest BCUT2D eigenvalue weighted by Gasteiger charge is 2.32. The molecular weight excluding hydrogens is 456 g/mol. The number of benzene rings is 2. The SMILES string of the molecule is COc1ccc([N+](=O)[O-])cc1NC(=O)C(C)OC(=O)[C@H](C)N=C1NS(=O)(=O)c2ccccc21. The third kappa shape index (κ3) is 5.09. The van der Waals surface area contributed by atoms with E-state index >= 15 is 0 Å². The van der Waals surface area contributed by atoms with Crippen LogP contribution in [-0.2, 0) is 24.3 Å². The van der Waals surface area contributed by atoms with Crippen molar-refractivity contribution in [3.8, 4) is 5.75 Å². The molecule has 33 heavy (non-hydrogen) atoms. The molecule has 0 bridgehead atoms. The van der Waals surface area contributed by atoms with Gasteiger partial charge in [-0.25, -0.2) is 13.2 Å². The molecule has 0 aliphatic carbocycles. The van der Waals surface area contributed by atoms with Crippen LogP contribution in [0.4, 0.5) is 11.4 Å². The zero-order chi connectivity index (χ0) is 24.3. The number of methoxy groups -OCH3 is 1. The molecule has 0 saturated carbocycles. The number of nitrogens with zero attached hydrogens (tertiary/aromatic N) is 2. The van der Waals surface area contributed by atoms with Gasteiger partial charge in [-0.3, -0.25) is 24.6 Å². The van der Waals surface area contributed by atoms with E-state index in [1.165, 1.54) is 39.2 Å². The first-order valence-corrected chi connectivity index (χ1v) is 11.1. The number of ether oxygens (including phenoxy) is 2. The van der Waals surface area contributed by atoms with E-state index in [4.69, 9.17) is 9.47 Å². The highest BCUT2D eigenvalue weighted by molar-refractivity contribution is 7.90. The minimum Gasteiger partial charge on any atom is -0.495 e. The summed E-state index contributed by atoms with van der Waals surface area (Å²) in [5, 5.41) is 13.4. The largest absolute Gasteiger partial charge is 0.495 e. The summed E-state index contributed by atoms with van der Waals surface area (Å²) in [7, 11) is -2.44. The summed E-state index contributed by atoms with van der Waals surface area (Å²) < 4.78 is 36.8. The number of sulfonamides is 1. The summed E-state index contributed by atoms with van der Waals surface area (Å²) in [6.45, 7) is 2.70. The van der Waals surface area contributed by atoms with Crippen LogP contribution < -0.4 is 14.8 Å². The number of fused-ring (bicyclic) bond motifs is 1. The van der Waals surface area contributed by atoms with Crippen molar-refractivity contribution in [2.75, 3.05) is 12.4 Å². The molecular formula is C20H20N4O8S. The van der Waals surface area contributed by atoms with Gasteiger partial charge in [-0.15, -0.1) is 0 Å². The van der Waals surface area contributed by atoms with Crippen molar-refractivity contribution in [2.45, 2.75) is 30.9 Å². The predicted octanol–water partition coefficient (Wildman–Crippen LogP) is 1.60. The second-order valence-electron chi connectivity index (χ2n) is 6.97. The molecule has 1 heterocycles. The Labute approximate surface area is 188 Å². The lowest BCUT2D eigenvalue weighted by atomic mass is 10.2. The minimum atomic E-state index is -3.77. The van der Waals surface area contributed by atoms with Crippen LogP contribution in [0.25, 0.3) is 0 Å². The summed E-state index contributed by atoms with van der Waals surface area (Å²) in [5.41, 5.74) is 0.0880. The van der Waals surface area contributed by atoms with E-state index in [-0.39, 0.29) is 27.9 Å². The number of carbonyl (C=O) groups is 2. The molecule has 12 nitrogen and oxygen atoms in total. The maximum Gasteiger partial charge on any atom is 0.331 e. The lowest BCUT2D eigenvalue weighted by Gasteiger charge is -2.16. The van der Waals surface area contributed by atoms with Gasteiger partial charge in [-0.05, 0) is 32.0 Å². The molecule has 1 aliphatic rings. The number of hydrogen-bond acceptors (Lipinski definition) is 9. The van der Waals surface area contributed by atoms with Crippen molar-refractivity contribution in [3.63, 3.8) is 0 Å². The number of anilines is 1. The van der Waals surface area contributed by atoms with Gasteiger partial charge in [0.25, 0.3) is 21.6 Å². The molecule has 174 valence electrons. The molecule has 3 rings (SSSR count). The number of rotatable bonds is 7. The third-order valence-electron chi connectivity index (χ3n) is 4.64. The highest BCUT2D eigenvalue weighted by atomic mass is 32.2. The third-order valence-corrected chi connectivity index (χ3v) is 6.04. The number of amides is 1. The van der Waals surface area contributed by atoms with Crippen molar-refractivity contribution < 1.29 is 32.4 Å². The Morgan fingerprint density at radius 2 is 1.88 bits per heavy atom. The molecule has 0 saturated heterocycles. The monoisotopic (exact) mass is 476 g/mol. The first kappa shape index (κ1) is 23.7. The molecule has 2 N–H and O–H groups in total. The number of esters is 1. The first-order valence-electron chi connectivity index (χ1n) is 9.57. The summed E-state index contributed by atoms with van der Waals surface area (Å²) in [6.07, 6.45) is -1.28. The molecule has 1 unspecified atom stereocenters. The lowest BCUT2D eigenvalue weighted by molar-refractivity contribution is -0.384. The van der Waals surface area contributed by atoms with E-state index in [2.05, 4.69) is 15.0 Å². The average molecular weight is 476 g/mol. The molecule has 0 spiro atoms. The lowest BCUT2D eigenvalue weighted by Crippen LogP contribution is -2.34. The van der Waals surface area contributed by atoms with Gasteiger partial charge in [0.05, 0.1) is 22.6 Å². The molecule has 2 aromatic carbocycles. The van der Waals surface area contributed by atoms with Crippen molar-refractivity contribution in [1.82, 2.24) is 4.72 Å². The number of aliphatic imine (C=N–C) groups is 1. The normalized spacial score (nSPS) is 16.8. The number of carbonyl (C=O) groups excluding carboxylic acids is 2. The van der Waals surface area contributed by atoms with Crippen LogP contribution >= 0.6 is 0 Å². The highest BCUT2D eigenvalue weighted by Crippen LogP contribution is 2.29. The van der Waals surface area contributed by atoms with E-state index in [0.717, 1.165) is 6.07 Å². The van der Waals surface area contributed by atoms with Gasteiger partial charge in [0.15, 0.2) is 6.10 Å². The number of nitro benzene ring substituents is 1. The maximum atomic E-state index is 12.5. The zero-order valence-electron chi connectivity index (χ0n) is 17.8. The smallest absolute Gasteiger partial charge is 0.331 e. The van der Waals surface area contributed by atoms with Gasteiger partial charge in [0.2, 0.25) is 0 Å². The van der Waals surface area contributed by atoms with E-state index in [1.807, 2.05) is 0 Å². The van der Waals surface area contributed by atoms with Crippen LogP contribution in [0.15, 0.2) is 52.4 Å². The van der Waals surface area contributed by atoms with E-state index in [9.17, 15) is 28.1 Å². The number of nitrogens with one attached hydrogen (secondary N) is 2. The summed E-state index contributed by atoms with van der Waals surface area (Å²) in [6, 6.07) is 8.69. The molecule has 1 amide bonds. The standard InChI is InChI=1S/C20H20N4O8S/c1-11(21-18-14-6-4-5-7-17(14)33(29,30)23-18)20(26)32-12(2)19(25)22-15-10-13(24(27)28)8-9-16(15)31-3/h4-12H,1-3H3,(H,21,23)(H,22,25)/t11-,12?/m0/s1. The zero-order valence-corrected chi connectivity index (χ0v) is 18.6. The summed E-state index contributed by atoms with van der Waals surface area (Å²) in [4.78, 5) is 39.4. The van der Waals surface area contributed by atoms with Crippen molar-refractivity contribution >= 4 is 39.1 Å². The first-order chi connectivity index (χ1) is 15.5. The van der Waals surface area contributed by atoms with Crippen molar-refractivity contribution in [2.24, 2.45) is 4.99 Å². The Bertz CT molecular complexity index is 1260.